The molecule has 0 unspecified atom stereocenters. The summed E-state index contributed by atoms with van der Waals surface area (Å²) in [6.07, 6.45) is 4.43. The minimum atomic E-state index is -2.73. The van der Waals surface area contributed by atoms with Crippen molar-refractivity contribution in [2.24, 2.45) is 11.7 Å². The highest BCUT2D eigenvalue weighted by Gasteiger charge is 2.45. The van der Waals surface area contributed by atoms with Crippen molar-refractivity contribution in [2.75, 3.05) is 36.6 Å². The van der Waals surface area contributed by atoms with Crippen LogP contribution in [0.5, 0.6) is 5.88 Å². The minimum Gasteiger partial charge on any atom is -0.476 e. The Morgan fingerprint density at radius 3 is 2.71 bits per heavy atom. The largest absolute Gasteiger partial charge is 0.476 e. The van der Waals surface area contributed by atoms with Gasteiger partial charge in [-0.15, -0.1) is 0 Å². The molecular weight excluding hydrogens is 390 g/mol. The summed E-state index contributed by atoms with van der Waals surface area (Å²) in [7, 11) is 0. The van der Waals surface area contributed by atoms with Crippen LogP contribution in [0.25, 0.3) is 0 Å². The van der Waals surface area contributed by atoms with Crippen LogP contribution in [0.1, 0.15) is 29.8 Å². The zero-order chi connectivity index (χ0) is 20.3. The predicted molar refractivity (Wildman–Crippen MR) is 103 cm³/mol. The first kappa shape index (κ1) is 20.6. The average molecular weight is 414 g/mol. The van der Waals surface area contributed by atoms with E-state index < -0.39 is 36.9 Å². The first-order valence-electron chi connectivity index (χ1n) is 9.15. The van der Waals surface area contributed by atoms with E-state index in [1.165, 1.54) is 11.0 Å². The minimum absolute atomic E-state index is 0.0530. The number of alkyl halides is 2. The lowest BCUT2D eigenvalue weighted by Gasteiger charge is -2.40. The number of halogens is 2. The van der Waals surface area contributed by atoms with Crippen LogP contribution in [-0.2, 0) is 4.79 Å². The van der Waals surface area contributed by atoms with Gasteiger partial charge in [0.1, 0.15) is 17.4 Å². The van der Waals surface area contributed by atoms with Gasteiger partial charge in [0.15, 0.2) is 0 Å². The number of hydrogen-bond acceptors (Lipinski definition) is 6. The molecule has 1 aliphatic heterocycles. The lowest BCUT2D eigenvalue weighted by molar-refractivity contribution is -0.119. The molecule has 1 aromatic heterocycles. The van der Waals surface area contributed by atoms with E-state index in [0.29, 0.717) is 30.4 Å². The van der Waals surface area contributed by atoms with E-state index in [9.17, 15) is 18.4 Å². The van der Waals surface area contributed by atoms with Gasteiger partial charge in [0.25, 0.3) is 11.8 Å². The number of carbonyl (C=O) groups excluding carboxylic acids is 2. The van der Waals surface area contributed by atoms with Gasteiger partial charge in [-0.05, 0) is 49.3 Å². The number of ether oxygens (including phenoxy) is 1. The van der Waals surface area contributed by atoms with Crippen molar-refractivity contribution in [1.29, 1.82) is 0 Å². The van der Waals surface area contributed by atoms with Gasteiger partial charge in [0, 0.05) is 0 Å². The number of hydrogen-bond donors (Lipinski definition) is 2. The van der Waals surface area contributed by atoms with Crippen molar-refractivity contribution in [1.82, 2.24) is 10.3 Å². The van der Waals surface area contributed by atoms with Gasteiger partial charge in [-0.25, -0.2) is 13.8 Å². The van der Waals surface area contributed by atoms with Gasteiger partial charge < -0.3 is 20.7 Å². The molecule has 3 rings (SSSR count). The maximum Gasteiger partial charge on any atom is 0.282 e. The zero-order valence-electron chi connectivity index (χ0n) is 15.6. The maximum absolute atomic E-state index is 13.2. The van der Waals surface area contributed by atoms with Crippen LogP contribution in [0.2, 0.25) is 0 Å². The summed E-state index contributed by atoms with van der Waals surface area (Å²) < 4.78 is 32.2. The number of nitrogens with two attached hydrogens (primary N) is 1. The third-order valence-electron chi connectivity index (χ3n) is 4.67. The van der Waals surface area contributed by atoms with Gasteiger partial charge in [-0.1, -0.05) is 0 Å². The lowest BCUT2D eigenvalue weighted by Crippen LogP contribution is -2.56. The second-order valence-corrected chi connectivity index (χ2v) is 8.18. The van der Waals surface area contributed by atoms with Crippen LogP contribution in [0.4, 0.5) is 14.5 Å². The number of pyridine rings is 1. The number of rotatable bonds is 10. The van der Waals surface area contributed by atoms with Gasteiger partial charge >= 0.3 is 0 Å². The van der Waals surface area contributed by atoms with E-state index in [4.69, 9.17) is 10.5 Å². The monoisotopic (exact) mass is 414 g/mol. The fraction of sp³-hybridized carbons (Fsp3) is 0.611. The highest BCUT2D eigenvalue weighted by Crippen LogP contribution is 2.37. The molecule has 1 saturated heterocycles. The molecule has 2 heterocycles. The predicted octanol–water partition coefficient (Wildman–Crippen LogP) is 1.66. The lowest BCUT2D eigenvalue weighted by atomic mass is 10.1. The topological polar surface area (TPSA) is 97.6 Å². The van der Waals surface area contributed by atoms with Crippen molar-refractivity contribution in [2.45, 2.75) is 31.2 Å². The summed E-state index contributed by atoms with van der Waals surface area (Å²) in [4.78, 5) is 29.8. The summed E-state index contributed by atoms with van der Waals surface area (Å²) in [6, 6.07) is 2.20. The Bertz CT molecular complexity index is 738. The Morgan fingerprint density at radius 2 is 2.14 bits per heavy atom. The van der Waals surface area contributed by atoms with E-state index in [1.807, 2.05) is 6.26 Å². The summed E-state index contributed by atoms with van der Waals surface area (Å²) in [6.45, 7) is -0.371. The highest BCUT2D eigenvalue weighted by atomic mass is 32.2. The van der Waals surface area contributed by atoms with E-state index in [0.717, 1.165) is 12.8 Å². The van der Waals surface area contributed by atoms with Crippen molar-refractivity contribution in [3.8, 4) is 5.88 Å². The standard InChI is InChI=1S/C18H24F2N4O3S/c1-28-7-6-12(15(21)25)22-16(26)13-4-5-14(24-9-18(19,20)10-24)17(23-13)27-8-11-2-3-11/h4-5,11-12H,2-3,6-10H2,1H3,(H2,21,25)(H,22,26)/t12-/m0/s1. The SMILES string of the molecule is CSCC[C@H](NC(=O)c1ccc(N2CC(F)(F)C2)c(OCC2CC2)n1)C(N)=O. The molecule has 2 amide bonds. The fourth-order valence-electron chi connectivity index (χ4n) is 2.82. The van der Waals surface area contributed by atoms with Crippen molar-refractivity contribution < 1.29 is 23.1 Å². The third kappa shape index (κ3) is 5.24. The summed E-state index contributed by atoms with van der Waals surface area (Å²) in [5.74, 6) is -2.63. The smallest absolute Gasteiger partial charge is 0.282 e. The van der Waals surface area contributed by atoms with E-state index >= 15 is 0 Å². The number of nitrogens with zero attached hydrogens (tertiary/aromatic N) is 2. The Balaban J connectivity index is 1.73. The van der Waals surface area contributed by atoms with Crippen molar-refractivity contribution in [3.05, 3.63) is 17.8 Å². The molecule has 0 aromatic carbocycles. The molecule has 2 aliphatic rings. The zero-order valence-corrected chi connectivity index (χ0v) is 16.4. The second kappa shape index (κ2) is 8.50. The molecule has 3 N–H and O–H groups in total. The highest BCUT2D eigenvalue weighted by molar-refractivity contribution is 7.98. The number of primary amides is 1. The Hall–Kier alpha value is -2.10. The Kier molecular flexibility index (Phi) is 6.26. The van der Waals surface area contributed by atoms with E-state index in [2.05, 4.69) is 10.3 Å². The molecule has 7 nitrogen and oxygen atoms in total. The summed E-state index contributed by atoms with van der Waals surface area (Å²) in [5.41, 5.74) is 5.85. The van der Waals surface area contributed by atoms with Crippen LogP contribution in [0, 0.1) is 5.92 Å². The number of nitrogens with one attached hydrogen (secondary N) is 1. The first-order valence-corrected chi connectivity index (χ1v) is 10.5. The number of thioether (sulfide) groups is 1. The second-order valence-electron chi connectivity index (χ2n) is 7.20. The third-order valence-corrected chi connectivity index (χ3v) is 5.31. The van der Waals surface area contributed by atoms with E-state index in [-0.39, 0.29) is 11.6 Å². The number of carbonyl (C=O) groups is 2. The summed E-state index contributed by atoms with van der Waals surface area (Å²) >= 11 is 1.54. The number of amides is 2. The molecule has 1 aromatic rings. The molecule has 154 valence electrons. The molecular formula is C18H24F2N4O3S. The normalized spacial score (nSPS) is 18.9. The van der Waals surface area contributed by atoms with Crippen LogP contribution < -0.4 is 20.7 Å². The summed E-state index contributed by atoms with van der Waals surface area (Å²) in [5, 5.41) is 2.58. The van der Waals surface area contributed by atoms with Crippen LogP contribution in [0.3, 0.4) is 0 Å². The van der Waals surface area contributed by atoms with Gasteiger partial charge in [0.2, 0.25) is 11.8 Å². The molecule has 1 saturated carbocycles. The van der Waals surface area contributed by atoms with Crippen LogP contribution >= 0.6 is 11.8 Å². The Labute approximate surface area is 166 Å². The van der Waals surface area contributed by atoms with Crippen LogP contribution in [0.15, 0.2) is 12.1 Å². The Morgan fingerprint density at radius 1 is 1.43 bits per heavy atom. The quantitative estimate of drug-likeness (QED) is 0.604. The maximum atomic E-state index is 13.2. The van der Waals surface area contributed by atoms with Crippen LogP contribution in [-0.4, -0.2) is 60.5 Å². The van der Waals surface area contributed by atoms with Crippen molar-refractivity contribution in [3.63, 3.8) is 0 Å². The van der Waals surface area contributed by atoms with Gasteiger partial charge in [0.05, 0.1) is 19.7 Å². The van der Waals surface area contributed by atoms with Gasteiger partial charge in [-0.2, -0.15) is 11.8 Å². The number of aromatic nitrogens is 1. The molecule has 1 atom stereocenters. The molecule has 0 spiro atoms. The fourth-order valence-corrected chi connectivity index (χ4v) is 3.30. The molecule has 1 aliphatic carbocycles. The molecule has 0 bridgehead atoms. The molecule has 28 heavy (non-hydrogen) atoms. The molecule has 2 fully saturated rings. The number of anilines is 1. The average Bonchev–Trinajstić information content (AvgIpc) is 3.45. The van der Waals surface area contributed by atoms with Gasteiger partial charge in [-0.3, -0.25) is 9.59 Å². The van der Waals surface area contributed by atoms with E-state index in [1.54, 1.807) is 17.8 Å². The van der Waals surface area contributed by atoms with Crippen molar-refractivity contribution >= 4 is 29.3 Å². The molecule has 10 heteroatoms. The first-order chi connectivity index (χ1) is 13.3. The molecule has 0 radical (unpaired) electrons.